The first-order valence-electron chi connectivity index (χ1n) is 6.36. The summed E-state index contributed by atoms with van der Waals surface area (Å²) in [5, 5.41) is 0.629. The van der Waals surface area contributed by atoms with Gasteiger partial charge in [-0.25, -0.2) is 9.18 Å². The van der Waals surface area contributed by atoms with Gasteiger partial charge in [-0.15, -0.1) is 0 Å². The number of esters is 1. The predicted octanol–water partition coefficient (Wildman–Crippen LogP) is 4.16. The Balaban J connectivity index is 1.98. The molecular weight excluding hydrogens is 295 g/mol. The molecule has 2 aromatic rings. The van der Waals surface area contributed by atoms with Gasteiger partial charge in [0.05, 0.1) is 0 Å². The fraction of sp³-hybridized carbons (Fsp3) is 0.188. The van der Waals surface area contributed by atoms with Crippen molar-refractivity contribution in [2.75, 3.05) is 0 Å². The van der Waals surface area contributed by atoms with Gasteiger partial charge in [-0.1, -0.05) is 11.6 Å². The van der Waals surface area contributed by atoms with Gasteiger partial charge in [0.25, 0.3) is 0 Å². The molecule has 0 aliphatic heterocycles. The highest BCUT2D eigenvalue weighted by Crippen LogP contribution is 2.22. The molecule has 0 heterocycles. The molecule has 0 aliphatic carbocycles. The van der Waals surface area contributed by atoms with Crippen molar-refractivity contribution >= 4 is 17.6 Å². The summed E-state index contributed by atoms with van der Waals surface area (Å²) >= 11 is 5.92. The Kier molecular flexibility index (Phi) is 4.81. The molecule has 0 saturated heterocycles. The lowest BCUT2D eigenvalue weighted by atomic mass is 10.2. The Morgan fingerprint density at radius 2 is 1.76 bits per heavy atom. The number of aryl methyl sites for hydroxylation is 1. The van der Waals surface area contributed by atoms with E-state index in [1.807, 2.05) is 6.92 Å². The van der Waals surface area contributed by atoms with Crippen molar-refractivity contribution in [2.45, 2.75) is 20.0 Å². The molecule has 0 bridgehead atoms. The van der Waals surface area contributed by atoms with Crippen LogP contribution in [0, 0.1) is 12.7 Å². The molecule has 5 heteroatoms. The number of halogens is 2. The van der Waals surface area contributed by atoms with Gasteiger partial charge in [0, 0.05) is 5.02 Å². The van der Waals surface area contributed by atoms with Crippen molar-refractivity contribution in [3.63, 3.8) is 0 Å². The number of carbonyl (C=O) groups is 1. The minimum Gasteiger partial charge on any atom is -0.479 e. The van der Waals surface area contributed by atoms with Crippen molar-refractivity contribution < 1.29 is 18.7 Å². The summed E-state index contributed by atoms with van der Waals surface area (Å²) in [5.74, 6) is -0.158. The molecule has 0 aliphatic rings. The van der Waals surface area contributed by atoms with E-state index in [-0.39, 0.29) is 5.75 Å². The molecule has 0 N–H and O–H groups in total. The van der Waals surface area contributed by atoms with E-state index in [9.17, 15) is 9.18 Å². The van der Waals surface area contributed by atoms with E-state index in [0.29, 0.717) is 10.8 Å². The number of hydrogen-bond acceptors (Lipinski definition) is 3. The molecule has 110 valence electrons. The van der Waals surface area contributed by atoms with Crippen molar-refractivity contribution in [3.05, 3.63) is 58.9 Å². The summed E-state index contributed by atoms with van der Waals surface area (Å²) in [6.07, 6.45) is -0.796. The van der Waals surface area contributed by atoms with E-state index in [4.69, 9.17) is 21.1 Å². The molecule has 3 nitrogen and oxygen atoms in total. The van der Waals surface area contributed by atoms with Gasteiger partial charge < -0.3 is 9.47 Å². The van der Waals surface area contributed by atoms with Crippen molar-refractivity contribution in [3.8, 4) is 11.5 Å². The Morgan fingerprint density at radius 1 is 1.14 bits per heavy atom. The second-order valence-electron chi connectivity index (χ2n) is 4.55. The van der Waals surface area contributed by atoms with Gasteiger partial charge in [0.1, 0.15) is 17.3 Å². The van der Waals surface area contributed by atoms with Gasteiger partial charge in [-0.2, -0.15) is 0 Å². The highest BCUT2D eigenvalue weighted by molar-refractivity contribution is 6.31. The lowest BCUT2D eigenvalue weighted by molar-refractivity contribution is -0.141. The van der Waals surface area contributed by atoms with Crippen LogP contribution in [-0.2, 0) is 4.79 Å². The van der Waals surface area contributed by atoms with Crippen molar-refractivity contribution in [1.82, 2.24) is 0 Å². The SMILES string of the molecule is Cc1cc(O[C@@H](C)C(=O)Oc2ccc(F)cc2)ccc1Cl. The summed E-state index contributed by atoms with van der Waals surface area (Å²) in [5.41, 5.74) is 0.855. The maximum Gasteiger partial charge on any atom is 0.352 e. The van der Waals surface area contributed by atoms with Crippen LogP contribution >= 0.6 is 11.6 Å². The van der Waals surface area contributed by atoms with Crippen LogP contribution in [0.15, 0.2) is 42.5 Å². The topological polar surface area (TPSA) is 35.5 Å². The minimum absolute atomic E-state index is 0.268. The summed E-state index contributed by atoms with van der Waals surface area (Å²) in [4.78, 5) is 11.9. The number of ether oxygens (including phenoxy) is 2. The van der Waals surface area contributed by atoms with Gasteiger partial charge in [0.15, 0.2) is 6.10 Å². The van der Waals surface area contributed by atoms with Crippen LogP contribution in [0.2, 0.25) is 5.02 Å². The molecule has 21 heavy (non-hydrogen) atoms. The zero-order valence-corrected chi connectivity index (χ0v) is 12.4. The normalized spacial score (nSPS) is 11.8. The average Bonchev–Trinajstić information content (AvgIpc) is 2.45. The van der Waals surface area contributed by atoms with E-state index in [1.165, 1.54) is 24.3 Å². The summed E-state index contributed by atoms with van der Waals surface area (Å²) in [6, 6.07) is 10.3. The van der Waals surface area contributed by atoms with E-state index < -0.39 is 17.9 Å². The second kappa shape index (κ2) is 6.59. The van der Waals surface area contributed by atoms with Gasteiger partial charge in [-0.3, -0.25) is 0 Å². The van der Waals surface area contributed by atoms with Gasteiger partial charge in [0.2, 0.25) is 0 Å². The highest BCUT2D eigenvalue weighted by Gasteiger charge is 2.17. The molecule has 0 unspecified atom stereocenters. The largest absolute Gasteiger partial charge is 0.479 e. The summed E-state index contributed by atoms with van der Waals surface area (Å²) in [7, 11) is 0. The van der Waals surface area contributed by atoms with Crippen LogP contribution < -0.4 is 9.47 Å². The molecule has 0 saturated carbocycles. The third-order valence-corrected chi connectivity index (χ3v) is 3.23. The van der Waals surface area contributed by atoms with Crippen LogP contribution in [0.4, 0.5) is 4.39 Å². The van der Waals surface area contributed by atoms with Crippen LogP contribution in [-0.4, -0.2) is 12.1 Å². The van der Waals surface area contributed by atoms with Gasteiger partial charge in [-0.05, 0) is 61.9 Å². The van der Waals surface area contributed by atoms with Crippen LogP contribution in [0.1, 0.15) is 12.5 Å². The Bertz CT molecular complexity index is 640. The number of hydrogen-bond donors (Lipinski definition) is 0. The molecule has 0 aromatic heterocycles. The number of rotatable bonds is 4. The maximum atomic E-state index is 12.8. The molecule has 0 amide bonds. The zero-order chi connectivity index (χ0) is 15.4. The zero-order valence-electron chi connectivity index (χ0n) is 11.6. The van der Waals surface area contributed by atoms with Gasteiger partial charge >= 0.3 is 5.97 Å². The van der Waals surface area contributed by atoms with Crippen LogP contribution in [0.3, 0.4) is 0 Å². The molecule has 0 spiro atoms. The number of benzene rings is 2. The lowest BCUT2D eigenvalue weighted by Crippen LogP contribution is -2.28. The molecule has 2 rings (SSSR count). The maximum absolute atomic E-state index is 12.8. The first-order valence-corrected chi connectivity index (χ1v) is 6.73. The molecular formula is C16H14ClFO3. The van der Waals surface area contributed by atoms with E-state index >= 15 is 0 Å². The summed E-state index contributed by atoms with van der Waals surface area (Å²) < 4.78 is 23.4. The molecule has 1 atom stereocenters. The first kappa shape index (κ1) is 15.3. The third-order valence-electron chi connectivity index (χ3n) is 2.81. The highest BCUT2D eigenvalue weighted by atomic mass is 35.5. The minimum atomic E-state index is -0.796. The Morgan fingerprint density at radius 3 is 2.38 bits per heavy atom. The smallest absolute Gasteiger partial charge is 0.352 e. The second-order valence-corrected chi connectivity index (χ2v) is 4.95. The van der Waals surface area contributed by atoms with Crippen molar-refractivity contribution in [2.24, 2.45) is 0 Å². The Labute approximate surface area is 127 Å². The Hall–Kier alpha value is -2.07. The standard InChI is InChI=1S/C16H14ClFO3/c1-10-9-14(7-8-15(10)17)20-11(2)16(19)21-13-5-3-12(18)4-6-13/h3-9,11H,1-2H3/t11-/m0/s1. The monoisotopic (exact) mass is 308 g/mol. The summed E-state index contributed by atoms with van der Waals surface area (Å²) in [6.45, 7) is 3.42. The van der Waals surface area contributed by atoms with Crippen molar-refractivity contribution in [1.29, 1.82) is 0 Å². The number of carbonyl (C=O) groups excluding carboxylic acids is 1. The fourth-order valence-corrected chi connectivity index (χ4v) is 1.76. The molecule has 0 radical (unpaired) electrons. The quantitative estimate of drug-likeness (QED) is 0.628. The molecule has 0 fully saturated rings. The van der Waals surface area contributed by atoms with Crippen LogP contribution in [0.25, 0.3) is 0 Å². The average molecular weight is 309 g/mol. The molecule has 2 aromatic carbocycles. The van der Waals surface area contributed by atoms with Crippen LogP contribution in [0.5, 0.6) is 11.5 Å². The fourth-order valence-electron chi connectivity index (χ4n) is 1.64. The predicted molar refractivity (Wildman–Crippen MR) is 78.3 cm³/mol. The lowest BCUT2D eigenvalue weighted by Gasteiger charge is -2.14. The van der Waals surface area contributed by atoms with E-state index in [2.05, 4.69) is 0 Å². The first-order chi connectivity index (χ1) is 9.95. The third kappa shape index (κ3) is 4.20. The van der Waals surface area contributed by atoms with E-state index in [1.54, 1.807) is 25.1 Å². The van der Waals surface area contributed by atoms with E-state index in [0.717, 1.165) is 5.56 Å².